The highest BCUT2D eigenvalue weighted by Crippen LogP contribution is 2.21. The largest absolute Gasteiger partial charge is 0.366 e. The highest BCUT2D eigenvalue weighted by molar-refractivity contribution is 7.80. The van der Waals surface area contributed by atoms with Crippen LogP contribution in [0.15, 0.2) is 48.5 Å². The van der Waals surface area contributed by atoms with Crippen LogP contribution in [0.3, 0.4) is 0 Å². The van der Waals surface area contributed by atoms with Crippen LogP contribution in [0.1, 0.15) is 5.56 Å². The number of anilines is 1. The van der Waals surface area contributed by atoms with Gasteiger partial charge in [0.05, 0.1) is 10.6 Å². The van der Waals surface area contributed by atoms with Gasteiger partial charge in [0.1, 0.15) is 10.8 Å². The van der Waals surface area contributed by atoms with Crippen molar-refractivity contribution in [3.05, 3.63) is 70.0 Å². The summed E-state index contributed by atoms with van der Waals surface area (Å²) in [7, 11) is 0. The van der Waals surface area contributed by atoms with Crippen molar-refractivity contribution in [2.24, 2.45) is 0 Å². The molecule has 0 amide bonds. The van der Waals surface area contributed by atoms with E-state index in [2.05, 4.69) is 0 Å². The van der Waals surface area contributed by atoms with Crippen molar-refractivity contribution in [3.63, 3.8) is 0 Å². The number of para-hydroxylation sites is 1. The predicted molar refractivity (Wildman–Crippen MR) is 95.0 cm³/mol. The molecule has 0 aliphatic carbocycles. The van der Waals surface area contributed by atoms with E-state index in [9.17, 15) is 14.5 Å². The number of rotatable bonds is 3. The lowest BCUT2D eigenvalue weighted by atomic mass is 10.1. The number of hydrogen-bond acceptors (Lipinski definition) is 4. The van der Waals surface area contributed by atoms with E-state index in [0.717, 1.165) is 5.56 Å². The van der Waals surface area contributed by atoms with Crippen molar-refractivity contribution in [1.29, 1.82) is 0 Å². The van der Waals surface area contributed by atoms with Gasteiger partial charge in [-0.1, -0.05) is 24.4 Å². The van der Waals surface area contributed by atoms with E-state index in [4.69, 9.17) is 12.2 Å². The van der Waals surface area contributed by atoms with E-state index < -0.39 is 4.92 Å². The van der Waals surface area contributed by atoms with Crippen LogP contribution in [0.4, 0.5) is 15.8 Å². The van der Waals surface area contributed by atoms with E-state index in [1.807, 2.05) is 15.9 Å². The number of non-ortho nitro benzene ring substituents is 1. The van der Waals surface area contributed by atoms with E-state index in [0.29, 0.717) is 36.9 Å². The molecule has 7 heteroatoms. The van der Waals surface area contributed by atoms with Gasteiger partial charge in [-0.2, -0.15) is 0 Å². The molecule has 1 aliphatic heterocycles. The molecule has 124 valence electrons. The molecule has 0 radical (unpaired) electrons. The van der Waals surface area contributed by atoms with Crippen molar-refractivity contribution in [2.45, 2.75) is 0 Å². The Hall–Kier alpha value is -2.54. The molecule has 1 heterocycles. The summed E-state index contributed by atoms with van der Waals surface area (Å²) in [4.78, 5) is 15.0. The summed E-state index contributed by atoms with van der Waals surface area (Å²) in [5, 5.41) is 10.7. The van der Waals surface area contributed by atoms with E-state index in [1.54, 1.807) is 24.3 Å². The molecule has 5 nitrogen and oxygen atoms in total. The van der Waals surface area contributed by atoms with Crippen molar-refractivity contribution in [3.8, 4) is 0 Å². The minimum Gasteiger partial charge on any atom is -0.366 e. The van der Waals surface area contributed by atoms with Gasteiger partial charge in [0.15, 0.2) is 0 Å². The number of thiocarbonyl (C=S) groups is 1. The third-order valence-electron chi connectivity index (χ3n) is 4.09. The Morgan fingerprint density at radius 2 is 1.67 bits per heavy atom. The average molecular weight is 345 g/mol. The number of nitrogens with zero attached hydrogens (tertiary/aromatic N) is 3. The van der Waals surface area contributed by atoms with Gasteiger partial charge in [0.2, 0.25) is 0 Å². The van der Waals surface area contributed by atoms with Crippen LogP contribution in [0.5, 0.6) is 0 Å². The number of hydrogen-bond donors (Lipinski definition) is 0. The number of piperazine rings is 1. The second kappa shape index (κ2) is 6.92. The molecular formula is C17H16FN3O2S. The summed E-state index contributed by atoms with van der Waals surface area (Å²) >= 11 is 5.49. The maximum absolute atomic E-state index is 13.9. The minimum absolute atomic E-state index is 0.0472. The number of nitro benzene ring substituents is 1. The van der Waals surface area contributed by atoms with E-state index in [-0.39, 0.29) is 11.5 Å². The Morgan fingerprint density at radius 3 is 2.25 bits per heavy atom. The zero-order valence-electron chi connectivity index (χ0n) is 12.9. The highest BCUT2D eigenvalue weighted by Gasteiger charge is 2.21. The van der Waals surface area contributed by atoms with Crippen molar-refractivity contribution in [1.82, 2.24) is 4.90 Å². The van der Waals surface area contributed by atoms with Crippen molar-refractivity contribution < 1.29 is 9.31 Å². The lowest BCUT2D eigenvalue weighted by Gasteiger charge is -2.37. The summed E-state index contributed by atoms with van der Waals surface area (Å²) in [6, 6.07) is 13.0. The van der Waals surface area contributed by atoms with Gasteiger partial charge in [-0.05, 0) is 24.3 Å². The monoisotopic (exact) mass is 345 g/mol. The highest BCUT2D eigenvalue weighted by atomic mass is 32.1. The van der Waals surface area contributed by atoms with Crippen molar-refractivity contribution >= 4 is 28.6 Å². The van der Waals surface area contributed by atoms with Crippen LogP contribution in [0, 0.1) is 15.9 Å². The number of benzene rings is 2. The molecule has 0 aromatic heterocycles. The standard InChI is InChI=1S/C17H16FN3O2S/c18-15-3-1-2-4-16(15)19-9-11-20(12-10-19)17(24)13-5-7-14(8-6-13)21(22)23/h1-8H,9-12H2. The van der Waals surface area contributed by atoms with Crippen LogP contribution in [-0.4, -0.2) is 41.0 Å². The second-order valence-electron chi connectivity index (χ2n) is 5.53. The predicted octanol–water partition coefficient (Wildman–Crippen LogP) is 3.23. The summed E-state index contributed by atoms with van der Waals surface area (Å²) in [5.41, 5.74) is 1.44. The first-order chi connectivity index (χ1) is 11.6. The fraction of sp³-hybridized carbons (Fsp3) is 0.235. The Balaban J connectivity index is 1.65. The fourth-order valence-corrected chi connectivity index (χ4v) is 3.09. The first-order valence-electron chi connectivity index (χ1n) is 7.59. The van der Waals surface area contributed by atoms with Gasteiger partial charge in [-0.3, -0.25) is 10.1 Å². The first kappa shape index (κ1) is 16.3. The first-order valence-corrected chi connectivity index (χ1v) is 8.00. The zero-order valence-corrected chi connectivity index (χ0v) is 13.7. The molecule has 0 bridgehead atoms. The number of halogens is 1. The Morgan fingerprint density at radius 1 is 1.04 bits per heavy atom. The lowest BCUT2D eigenvalue weighted by Crippen LogP contribution is -2.48. The molecule has 1 saturated heterocycles. The molecule has 24 heavy (non-hydrogen) atoms. The fourth-order valence-electron chi connectivity index (χ4n) is 2.77. The second-order valence-corrected chi connectivity index (χ2v) is 5.92. The summed E-state index contributed by atoms with van der Waals surface area (Å²) in [5.74, 6) is -0.219. The Labute approximate surface area is 144 Å². The van der Waals surface area contributed by atoms with Gasteiger partial charge >= 0.3 is 0 Å². The van der Waals surface area contributed by atoms with Crippen LogP contribution in [0.2, 0.25) is 0 Å². The minimum atomic E-state index is -0.431. The van der Waals surface area contributed by atoms with Gasteiger partial charge in [-0.25, -0.2) is 4.39 Å². The van der Waals surface area contributed by atoms with E-state index in [1.165, 1.54) is 18.2 Å². The topological polar surface area (TPSA) is 49.6 Å². The van der Waals surface area contributed by atoms with Crippen LogP contribution >= 0.6 is 12.2 Å². The molecule has 1 fully saturated rings. The molecule has 0 unspecified atom stereocenters. The lowest BCUT2D eigenvalue weighted by molar-refractivity contribution is -0.384. The van der Waals surface area contributed by atoms with Gasteiger partial charge in [0.25, 0.3) is 5.69 Å². The third-order valence-corrected chi connectivity index (χ3v) is 4.58. The Bertz CT molecular complexity index is 759. The molecule has 0 saturated carbocycles. The molecular weight excluding hydrogens is 329 g/mol. The normalized spacial score (nSPS) is 14.5. The van der Waals surface area contributed by atoms with Gasteiger partial charge in [0, 0.05) is 43.9 Å². The quantitative estimate of drug-likeness (QED) is 0.486. The molecule has 3 rings (SSSR count). The number of nitro groups is 1. The zero-order chi connectivity index (χ0) is 17.1. The van der Waals surface area contributed by atoms with Crippen LogP contribution in [-0.2, 0) is 0 Å². The molecule has 0 spiro atoms. The average Bonchev–Trinajstić information content (AvgIpc) is 2.62. The molecule has 0 atom stereocenters. The van der Waals surface area contributed by atoms with Gasteiger partial charge in [-0.15, -0.1) is 0 Å². The molecule has 2 aromatic rings. The maximum Gasteiger partial charge on any atom is 0.269 e. The summed E-state index contributed by atoms with van der Waals surface area (Å²) in [6.45, 7) is 2.72. The maximum atomic E-state index is 13.9. The SMILES string of the molecule is O=[N+]([O-])c1ccc(C(=S)N2CCN(c3ccccc3F)CC2)cc1. The van der Waals surface area contributed by atoms with Crippen molar-refractivity contribution in [2.75, 3.05) is 31.1 Å². The van der Waals surface area contributed by atoms with Gasteiger partial charge < -0.3 is 9.80 Å². The smallest absolute Gasteiger partial charge is 0.269 e. The molecule has 1 aliphatic rings. The van der Waals surface area contributed by atoms with Crippen LogP contribution < -0.4 is 4.90 Å². The molecule has 2 aromatic carbocycles. The summed E-state index contributed by atoms with van der Waals surface area (Å²) in [6.07, 6.45) is 0. The molecule has 0 N–H and O–H groups in total. The third kappa shape index (κ3) is 3.35. The Kier molecular flexibility index (Phi) is 4.71. The summed E-state index contributed by atoms with van der Waals surface area (Å²) < 4.78 is 13.9. The van der Waals surface area contributed by atoms with Crippen LogP contribution in [0.25, 0.3) is 0 Å². The van der Waals surface area contributed by atoms with E-state index >= 15 is 0 Å².